The molecule has 0 bridgehead atoms. The number of pyridine rings is 1. The summed E-state index contributed by atoms with van der Waals surface area (Å²) in [4.78, 5) is 5.48. The molecule has 0 fully saturated rings. The van der Waals surface area contributed by atoms with E-state index in [1.807, 2.05) is 0 Å². The van der Waals surface area contributed by atoms with Crippen LogP contribution in [0.3, 0.4) is 0 Å². The lowest BCUT2D eigenvalue weighted by Crippen LogP contribution is -2.60. The number of H-pyrrole nitrogens is 1. The van der Waals surface area contributed by atoms with Gasteiger partial charge in [0.05, 0.1) is 11.6 Å². The first kappa shape index (κ1) is 16.8. The van der Waals surface area contributed by atoms with Crippen molar-refractivity contribution in [3.8, 4) is 6.07 Å². The second-order valence-corrected chi connectivity index (χ2v) is 4.69. The van der Waals surface area contributed by atoms with E-state index in [1.165, 1.54) is 24.5 Å². The van der Waals surface area contributed by atoms with E-state index in [-0.39, 0.29) is 5.56 Å². The van der Waals surface area contributed by atoms with Crippen LogP contribution in [0.15, 0.2) is 40.8 Å². The van der Waals surface area contributed by atoms with Gasteiger partial charge in [-0.3, -0.25) is 0 Å². The molecule has 0 aliphatic carbocycles. The number of amidine groups is 1. The number of hydrogen-bond donors (Lipinski definition) is 1. The molecular weight excluding hydrogens is 326 g/mol. The molecule has 1 aliphatic heterocycles. The van der Waals surface area contributed by atoms with Crippen molar-refractivity contribution >= 4 is 5.84 Å². The lowest BCUT2D eigenvalue weighted by molar-refractivity contribution is -0.378. The number of aliphatic imine (C=N–C) groups is 1. The maximum Gasteiger partial charge on any atom is 0.427 e. The van der Waals surface area contributed by atoms with Crippen molar-refractivity contribution in [2.75, 3.05) is 0 Å². The van der Waals surface area contributed by atoms with Gasteiger partial charge in [0.1, 0.15) is 5.84 Å². The Morgan fingerprint density at radius 1 is 1.13 bits per heavy atom. The topological polar surface area (TPSA) is 62.3 Å². The summed E-state index contributed by atoms with van der Waals surface area (Å²) in [6.07, 6.45) is -9.01. The van der Waals surface area contributed by atoms with Crippen LogP contribution in [-0.2, 0) is 0 Å². The summed E-state index contributed by atoms with van der Waals surface area (Å²) in [5.74, 6) is -0.620. The minimum Gasteiger partial charge on any atom is -0.343 e. The second-order valence-electron chi connectivity index (χ2n) is 4.69. The number of halogens is 6. The third kappa shape index (κ3) is 2.52. The van der Waals surface area contributed by atoms with Crippen LogP contribution in [0.2, 0.25) is 0 Å². The quantitative estimate of drug-likeness (QED) is 0.802. The van der Waals surface area contributed by atoms with Gasteiger partial charge in [0, 0.05) is 23.4 Å². The van der Waals surface area contributed by atoms with Crippen molar-refractivity contribution in [1.29, 1.82) is 5.26 Å². The predicted molar refractivity (Wildman–Crippen MR) is 65.8 cm³/mol. The van der Waals surface area contributed by atoms with E-state index < -0.39 is 35.0 Å². The molecule has 1 aliphatic rings. The summed E-state index contributed by atoms with van der Waals surface area (Å²) in [6.45, 7) is 0.967. The number of nitrogens with one attached hydrogen (secondary N) is 2. The van der Waals surface area contributed by atoms with Crippen molar-refractivity contribution in [2.45, 2.75) is 24.8 Å². The van der Waals surface area contributed by atoms with Crippen LogP contribution in [0.25, 0.3) is 0 Å². The van der Waals surface area contributed by atoms with Gasteiger partial charge in [-0.25, -0.2) is 9.98 Å². The summed E-state index contributed by atoms with van der Waals surface area (Å²) in [6, 6.07) is 3.51. The minimum atomic E-state index is -5.83. The molecule has 2 heterocycles. The van der Waals surface area contributed by atoms with Crippen LogP contribution >= 0.6 is 0 Å². The van der Waals surface area contributed by atoms with Gasteiger partial charge in [0.15, 0.2) is 12.4 Å². The van der Waals surface area contributed by atoms with Crippen LogP contribution in [0.4, 0.5) is 26.3 Å². The van der Waals surface area contributed by atoms with E-state index in [4.69, 9.17) is 5.26 Å². The fraction of sp³-hybridized carbons (Fsp3) is 0.308. The molecule has 0 saturated heterocycles. The summed E-state index contributed by atoms with van der Waals surface area (Å²) in [7, 11) is 0. The number of allylic oxidation sites excluding steroid dienone is 1. The Balaban J connectivity index is 2.80. The molecule has 4 nitrogen and oxygen atoms in total. The first-order chi connectivity index (χ1) is 10.5. The number of aromatic nitrogens is 1. The van der Waals surface area contributed by atoms with Crippen molar-refractivity contribution in [3.05, 3.63) is 41.4 Å². The number of alkyl halides is 6. The van der Waals surface area contributed by atoms with Crippen LogP contribution in [-0.4, -0.2) is 23.7 Å². The molecule has 0 atom stereocenters. The highest BCUT2D eigenvalue weighted by Gasteiger charge is 2.75. The van der Waals surface area contributed by atoms with E-state index in [1.54, 1.807) is 0 Å². The van der Waals surface area contributed by atoms with Crippen molar-refractivity contribution in [3.63, 3.8) is 0 Å². The van der Waals surface area contributed by atoms with E-state index >= 15 is 0 Å². The van der Waals surface area contributed by atoms with Crippen LogP contribution in [0, 0.1) is 11.3 Å². The maximum atomic E-state index is 13.3. The van der Waals surface area contributed by atoms with E-state index in [0.717, 1.165) is 13.0 Å². The normalized spacial score (nSPS) is 18.1. The third-order valence-corrected chi connectivity index (χ3v) is 3.25. The zero-order valence-electron chi connectivity index (χ0n) is 11.5. The number of aromatic amines is 1. The molecule has 2 rings (SSSR count). The number of nitrogens with zero attached hydrogens (tertiary/aromatic N) is 2. The Kier molecular flexibility index (Phi) is 3.84. The molecule has 0 radical (unpaired) electrons. The van der Waals surface area contributed by atoms with Gasteiger partial charge in [-0.2, -0.15) is 31.6 Å². The van der Waals surface area contributed by atoms with E-state index in [2.05, 4.69) is 15.3 Å². The van der Waals surface area contributed by atoms with Gasteiger partial charge < -0.3 is 5.32 Å². The van der Waals surface area contributed by atoms with Gasteiger partial charge >= 0.3 is 12.4 Å². The average molecular weight is 335 g/mol. The van der Waals surface area contributed by atoms with Gasteiger partial charge in [-0.15, -0.1) is 0 Å². The summed E-state index contributed by atoms with van der Waals surface area (Å²) in [5.41, 5.74) is -6.67. The second kappa shape index (κ2) is 5.26. The van der Waals surface area contributed by atoms with Crippen molar-refractivity contribution in [2.24, 2.45) is 4.99 Å². The van der Waals surface area contributed by atoms with Crippen LogP contribution < -0.4 is 10.3 Å². The van der Waals surface area contributed by atoms with Crippen molar-refractivity contribution in [1.82, 2.24) is 5.32 Å². The molecule has 0 spiro atoms. The molecule has 1 aromatic heterocycles. The minimum absolute atomic E-state index is 0.0120. The molecule has 0 unspecified atom stereocenters. The summed E-state index contributed by atoms with van der Waals surface area (Å²) < 4.78 is 80.1. The predicted octanol–water partition coefficient (Wildman–Crippen LogP) is 2.51. The Morgan fingerprint density at radius 3 is 2.09 bits per heavy atom. The maximum absolute atomic E-state index is 13.3. The SMILES string of the molecule is CC1=C(C#N)C(C(F)(F)F)(C(F)(F)F)N=C(c2cc[nH+]cc2)N1. The Bertz CT molecular complexity index is 695. The molecular formula is C13H9F6N4+. The first-order valence-corrected chi connectivity index (χ1v) is 6.13. The number of nitriles is 1. The van der Waals surface area contributed by atoms with Gasteiger partial charge in [0.2, 0.25) is 0 Å². The molecule has 23 heavy (non-hydrogen) atoms. The smallest absolute Gasteiger partial charge is 0.343 e. The molecule has 0 amide bonds. The average Bonchev–Trinajstić information content (AvgIpc) is 2.44. The third-order valence-electron chi connectivity index (χ3n) is 3.25. The zero-order valence-corrected chi connectivity index (χ0v) is 11.5. The standard InChI is InChI=1S/C13H8F6N4/c1-7-9(6-20)11(12(14,15)16,13(17,18)19)23-10(22-7)8-2-4-21-5-3-8/h2-5H,1H3,(H,22,23)/p+1. The Hall–Kier alpha value is -2.57. The highest BCUT2D eigenvalue weighted by Crippen LogP contribution is 2.52. The molecule has 10 heteroatoms. The molecule has 2 N–H and O–H groups in total. The van der Waals surface area contributed by atoms with Crippen molar-refractivity contribution < 1.29 is 31.3 Å². The zero-order chi connectivity index (χ0) is 17.5. The lowest BCUT2D eigenvalue weighted by atomic mass is 9.86. The van der Waals surface area contributed by atoms with Gasteiger partial charge in [-0.05, 0) is 6.92 Å². The largest absolute Gasteiger partial charge is 0.427 e. The molecule has 122 valence electrons. The molecule has 0 saturated carbocycles. The Morgan fingerprint density at radius 2 is 1.65 bits per heavy atom. The van der Waals surface area contributed by atoms with E-state index in [0.29, 0.717) is 0 Å². The summed E-state index contributed by atoms with van der Waals surface area (Å²) in [5, 5.41) is 11.2. The molecule has 1 aromatic rings. The number of hydrogen-bond acceptors (Lipinski definition) is 3. The summed E-state index contributed by atoms with van der Waals surface area (Å²) >= 11 is 0. The molecule has 0 aromatic carbocycles. The van der Waals surface area contributed by atoms with E-state index in [9.17, 15) is 26.3 Å². The number of rotatable bonds is 1. The van der Waals surface area contributed by atoms with Crippen LogP contribution in [0.5, 0.6) is 0 Å². The lowest BCUT2D eigenvalue weighted by Gasteiger charge is -2.37. The highest BCUT2D eigenvalue weighted by molar-refractivity contribution is 6.01. The van der Waals surface area contributed by atoms with Crippen LogP contribution in [0.1, 0.15) is 12.5 Å². The Labute approximate surface area is 126 Å². The fourth-order valence-corrected chi connectivity index (χ4v) is 2.18. The fourth-order valence-electron chi connectivity index (χ4n) is 2.18. The first-order valence-electron chi connectivity index (χ1n) is 6.13. The van der Waals surface area contributed by atoms with Gasteiger partial charge in [0.25, 0.3) is 5.54 Å². The monoisotopic (exact) mass is 335 g/mol. The van der Waals surface area contributed by atoms with Gasteiger partial charge in [-0.1, -0.05) is 0 Å². The highest BCUT2D eigenvalue weighted by atomic mass is 19.4.